The Labute approximate surface area is 117 Å². The zero-order chi connectivity index (χ0) is 13.5. The normalized spacial score (nSPS) is 24.7. The molecule has 0 aromatic heterocycles. The first-order chi connectivity index (χ1) is 9.25. The number of carbonyl (C=O) groups excluding carboxylic acids is 1. The maximum Gasteiger partial charge on any atom is 0.220 e. The van der Waals surface area contributed by atoms with Crippen LogP contribution < -0.4 is 10.6 Å². The van der Waals surface area contributed by atoms with Crippen molar-refractivity contribution in [3.8, 4) is 0 Å². The van der Waals surface area contributed by atoms with Crippen LogP contribution in [0.25, 0.3) is 0 Å². The fourth-order valence-electron chi connectivity index (χ4n) is 3.61. The molecule has 1 amide bonds. The fourth-order valence-corrected chi connectivity index (χ4v) is 3.61. The first-order valence-corrected chi connectivity index (χ1v) is 8.26. The van der Waals surface area contributed by atoms with Crippen LogP contribution in [-0.2, 0) is 4.79 Å². The van der Waals surface area contributed by atoms with E-state index >= 15 is 0 Å². The number of hydrogen-bond acceptors (Lipinski definition) is 2. The third-order valence-electron chi connectivity index (χ3n) is 4.93. The summed E-state index contributed by atoms with van der Waals surface area (Å²) in [4.78, 5) is 12.1. The molecule has 2 fully saturated rings. The van der Waals surface area contributed by atoms with Crippen molar-refractivity contribution in [2.75, 3.05) is 13.1 Å². The summed E-state index contributed by atoms with van der Waals surface area (Å²) in [6, 6.07) is 0.348. The van der Waals surface area contributed by atoms with Gasteiger partial charge in [-0.3, -0.25) is 4.79 Å². The van der Waals surface area contributed by atoms with Crippen molar-refractivity contribution >= 4 is 5.91 Å². The highest BCUT2D eigenvalue weighted by molar-refractivity contribution is 5.76. The summed E-state index contributed by atoms with van der Waals surface area (Å²) in [5.74, 6) is 1.60. The van der Waals surface area contributed by atoms with Crippen LogP contribution in [0.15, 0.2) is 0 Å². The third-order valence-corrected chi connectivity index (χ3v) is 4.93. The molecule has 2 aliphatic rings. The maximum absolute atomic E-state index is 12.1. The molecule has 19 heavy (non-hydrogen) atoms. The van der Waals surface area contributed by atoms with Gasteiger partial charge in [-0.05, 0) is 57.5 Å². The first kappa shape index (κ1) is 14.8. The van der Waals surface area contributed by atoms with Gasteiger partial charge >= 0.3 is 0 Å². The lowest BCUT2D eigenvalue weighted by Gasteiger charge is -2.29. The van der Waals surface area contributed by atoms with Gasteiger partial charge in [0.05, 0.1) is 0 Å². The Balaban J connectivity index is 1.70. The summed E-state index contributed by atoms with van der Waals surface area (Å²) in [5, 5.41) is 6.63. The molecule has 1 saturated heterocycles. The van der Waals surface area contributed by atoms with Gasteiger partial charge in [0.2, 0.25) is 5.91 Å². The van der Waals surface area contributed by atoms with E-state index in [9.17, 15) is 4.79 Å². The lowest BCUT2D eigenvalue weighted by atomic mass is 9.90. The molecule has 3 heteroatoms. The van der Waals surface area contributed by atoms with Gasteiger partial charge in [0.1, 0.15) is 0 Å². The number of rotatable bonds is 4. The van der Waals surface area contributed by atoms with Crippen LogP contribution in [0.2, 0.25) is 0 Å². The molecule has 3 nitrogen and oxygen atoms in total. The zero-order valence-corrected chi connectivity index (χ0v) is 12.4. The Hall–Kier alpha value is -0.570. The molecule has 2 rings (SSSR count). The molecular formula is C16H30N2O. The number of nitrogens with one attached hydrogen (secondary N) is 2. The van der Waals surface area contributed by atoms with Crippen molar-refractivity contribution in [2.45, 2.75) is 70.8 Å². The maximum atomic E-state index is 12.1. The predicted octanol–water partition coefficient (Wildman–Crippen LogP) is 2.85. The summed E-state index contributed by atoms with van der Waals surface area (Å²) in [7, 11) is 0. The van der Waals surface area contributed by atoms with Gasteiger partial charge in [-0.15, -0.1) is 0 Å². The summed E-state index contributed by atoms with van der Waals surface area (Å²) in [5.41, 5.74) is 0. The lowest BCUT2D eigenvalue weighted by Crippen LogP contribution is -2.43. The molecule has 1 heterocycles. The minimum Gasteiger partial charge on any atom is -0.353 e. The van der Waals surface area contributed by atoms with Gasteiger partial charge in [0.25, 0.3) is 0 Å². The van der Waals surface area contributed by atoms with Crippen LogP contribution in [0.3, 0.4) is 0 Å². The minimum absolute atomic E-state index is 0.290. The molecule has 0 aromatic carbocycles. The molecular weight excluding hydrogens is 236 g/mol. The Bertz CT molecular complexity index is 266. The van der Waals surface area contributed by atoms with Crippen molar-refractivity contribution in [3.05, 3.63) is 0 Å². The highest BCUT2D eigenvalue weighted by atomic mass is 16.1. The van der Waals surface area contributed by atoms with Crippen LogP contribution in [0.4, 0.5) is 0 Å². The highest BCUT2D eigenvalue weighted by Crippen LogP contribution is 2.25. The molecule has 0 radical (unpaired) electrons. The van der Waals surface area contributed by atoms with Gasteiger partial charge in [0.15, 0.2) is 0 Å². The minimum atomic E-state index is 0.290. The van der Waals surface area contributed by atoms with E-state index in [1.165, 1.54) is 51.4 Å². The van der Waals surface area contributed by atoms with Crippen molar-refractivity contribution in [2.24, 2.45) is 11.8 Å². The highest BCUT2D eigenvalue weighted by Gasteiger charge is 2.22. The molecule has 1 saturated carbocycles. The second-order valence-corrected chi connectivity index (χ2v) is 6.51. The van der Waals surface area contributed by atoms with E-state index in [0.29, 0.717) is 17.9 Å². The van der Waals surface area contributed by atoms with Crippen molar-refractivity contribution < 1.29 is 4.79 Å². The fraction of sp³-hybridized carbons (Fsp3) is 0.938. The van der Waals surface area contributed by atoms with Gasteiger partial charge in [-0.25, -0.2) is 0 Å². The van der Waals surface area contributed by atoms with E-state index in [0.717, 1.165) is 19.5 Å². The molecule has 1 atom stereocenters. The molecule has 0 bridgehead atoms. The van der Waals surface area contributed by atoms with Crippen molar-refractivity contribution in [1.29, 1.82) is 0 Å². The van der Waals surface area contributed by atoms with E-state index in [-0.39, 0.29) is 5.91 Å². The molecule has 1 aliphatic carbocycles. The van der Waals surface area contributed by atoms with E-state index in [1.807, 2.05) is 0 Å². The summed E-state index contributed by atoms with van der Waals surface area (Å²) in [6.45, 7) is 4.39. The monoisotopic (exact) mass is 266 g/mol. The van der Waals surface area contributed by atoms with E-state index in [2.05, 4.69) is 17.6 Å². The van der Waals surface area contributed by atoms with Gasteiger partial charge in [-0.1, -0.05) is 25.7 Å². The Morgan fingerprint density at radius 1 is 1.11 bits per heavy atom. The first-order valence-electron chi connectivity index (χ1n) is 8.26. The van der Waals surface area contributed by atoms with Crippen molar-refractivity contribution in [1.82, 2.24) is 10.6 Å². The lowest BCUT2D eigenvalue weighted by molar-refractivity contribution is -0.123. The van der Waals surface area contributed by atoms with Gasteiger partial charge in [-0.2, -0.15) is 0 Å². The molecule has 1 unspecified atom stereocenters. The Morgan fingerprint density at radius 2 is 1.74 bits per heavy atom. The largest absolute Gasteiger partial charge is 0.353 e. The number of carbonyl (C=O) groups is 1. The van der Waals surface area contributed by atoms with Crippen LogP contribution in [-0.4, -0.2) is 25.0 Å². The van der Waals surface area contributed by atoms with Crippen molar-refractivity contribution in [3.63, 3.8) is 0 Å². The number of hydrogen-bond donors (Lipinski definition) is 2. The summed E-state index contributed by atoms with van der Waals surface area (Å²) < 4.78 is 0. The molecule has 1 aliphatic heterocycles. The predicted molar refractivity (Wildman–Crippen MR) is 79.0 cm³/mol. The van der Waals surface area contributed by atoms with Crippen LogP contribution in [0.5, 0.6) is 0 Å². The standard InChI is InChI=1S/C16H30N2O/c1-13(15-8-10-17-11-9-15)18-16(19)12-14-6-4-2-3-5-7-14/h13-15,17H,2-12H2,1H3,(H,18,19). The SMILES string of the molecule is CC(NC(=O)CC1CCCCCC1)C1CCNCC1. The van der Waals surface area contributed by atoms with Gasteiger partial charge < -0.3 is 10.6 Å². The van der Waals surface area contributed by atoms with E-state index in [4.69, 9.17) is 0 Å². The quantitative estimate of drug-likeness (QED) is 0.768. The number of amides is 1. The Kier molecular flexibility index (Phi) is 6.15. The second kappa shape index (κ2) is 7.88. The molecule has 0 spiro atoms. The van der Waals surface area contributed by atoms with Crippen LogP contribution >= 0.6 is 0 Å². The molecule has 110 valence electrons. The Morgan fingerprint density at radius 3 is 2.37 bits per heavy atom. The van der Waals surface area contributed by atoms with Crippen LogP contribution in [0.1, 0.15) is 64.7 Å². The molecule has 0 aromatic rings. The zero-order valence-electron chi connectivity index (χ0n) is 12.4. The second-order valence-electron chi connectivity index (χ2n) is 6.51. The molecule has 2 N–H and O–H groups in total. The number of piperidine rings is 1. The average Bonchev–Trinajstić information content (AvgIpc) is 2.68. The van der Waals surface area contributed by atoms with Crippen LogP contribution in [0, 0.1) is 11.8 Å². The van der Waals surface area contributed by atoms with E-state index in [1.54, 1.807) is 0 Å². The van der Waals surface area contributed by atoms with E-state index < -0.39 is 0 Å². The van der Waals surface area contributed by atoms with Gasteiger partial charge in [0, 0.05) is 12.5 Å². The smallest absolute Gasteiger partial charge is 0.220 e. The topological polar surface area (TPSA) is 41.1 Å². The summed E-state index contributed by atoms with van der Waals surface area (Å²) in [6.07, 6.45) is 11.0. The third kappa shape index (κ3) is 5.13. The summed E-state index contributed by atoms with van der Waals surface area (Å²) >= 11 is 0. The average molecular weight is 266 g/mol.